The maximum atomic E-state index is 13.5. The molecule has 0 radical (unpaired) electrons. The SMILES string of the molecule is COc1ccc(CCC(=O)N2CCN(c3nc4cccnc4n(Cc4ccccc4)c3=O)CC2)cc1. The molecule has 0 spiro atoms. The van der Waals surface area contributed by atoms with Crippen LogP contribution in [0, 0.1) is 0 Å². The molecule has 1 fully saturated rings. The van der Waals surface area contributed by atoms with Gasteiger partial charge in [-0.2, -0.15) is 0 Å². The van der Waals surface area contributed by atoms with Crippen LogP contribution in [0.1, 0.15) is 17.5 Å². The van der Waals surface area contributed by atoms with Crippen LogP contribution in [0.5, 0.6) is 5.75 Å². The third-order valence-corrected chi connectivity index (χ3v) is 6.59. The molecule has 1 aliphatic rings. The Morgan fingerprint density at radius 1 is 0.917 bits per heavy atom. The quantitative estimate of drug-likeness (QED) is 0.402. The molecule has 5 rings (SSSR count). The highest BCUT2D eigenvalue weighted by atomic mass is 16.5. The number of carbonyl (C=O) groups excluding carboxylic acids is 1. The van der Waals surface area contributed by atoms with Gasteiger partial charge < -0.3 is 14.5 Å². The Bertz CT molecular complexity index is 1390. The van der Waals surface area contributed by atoms with Crippen molar-refractivity contribution in [2.75, 3.05) is 38.2 Å². The summed E-state index contributed by atoms with van der Waals surface area (Å²) in [5.74, 6) is 1.35. The van der Waals surface area contributed by atoms with E-state index in [0.717, 1.165) is 16.9 Å². The standard InChI is InChI=1S/C28H29N5O3/c1-36-23-12-9-21(10-13-23)11-14-25(34)31-16-18-32(19-17-31)27-28(35)33(20-22-6-3-2-4-7-22)26-24(30-27)8-5-15-29-26/h2-10,12-13,15H,11,14,16-20H2,1H3. The minimum atomic E-state index is -0.163. The van der Waals surface area contributed by atoms with Gasteiger partial charge in [-0.15, -0.1) is 0 Å². The first-order chi connectivity index (χ1) is 17.6. The molecule has 1 amide bonds. The number of amides is 1. The van der Waals surface area contributed by atoms with E-state index >= 15 is 0 Å². The Morgan fingerprint density at radius 2 is 1.67 bits per heavy atom. The number of methoxy groups -OCH3 is 1. The molecular formula is C28H29N5O3. The van der Waals surface area contributed by atoms with Crippen molar-refractivity contribution in [3.05, 3.63) is 94.4 Å². The van der Waals surface area contributed by atoms with Crippen molar-refractivity contribution >= 4 is 22.9 Å². The molecule has 184 valence electrons. The average molecular weight is 484 g/mol. The molecule has 0 unspecified atom stereocenters. The molecule has 0 atom stereocenters. The largest absolute Gasteiger partial charge is 0.497 e. The molecule has 1 saturated heterocycles. The van der Waals surface area contributed by atoms with Gasteiger partial charge in [0.15, 0.2) is 11.5 Å². The number of aromatic nitrogens is 3. The molecule has 3 heterocycles. The second-order valence-corrected chi connectivity index (χ2v) is 8.87. The topological polar surface area (TPSA) is 80.6 Å². The van der Waals surface area contributed by atoms with E-state index in [1.165, 1.54) is 0 Å². The molecule has 1 aliphatic heterocycles. The van der Waals surface area contributed by atoms with Gasteiger partial charge in [-0.1, -0.05) is 42.5 Å². The van der Waals surface area contributed by atoms with Crippen LogP contribution in [0.2, 0.25) is 0 Å². The highest BCUT2D eigenvalue weighted by molar-refractivity contribution is 5.77. The Balaban J connectivity index is 1.28. The number of fused-ring (bicyclic) bond motifs is 1. The normalized spacial score (nSPS) is 13.7. The molecular weight excluding hydrogens is 454 g/mol. The van der Waals surface area contributed by atoms with Gasteiger partial charge >= 0.3 is 0 Å². The number of rotatable bonds is 7. The Morgan fingerprint density at radius 3 is 2.39 bits per heavy atom. The summed E-state index contributed by atoms with van der Waals surface area (Å²) in [6, 6.07) is 21.4. The number of hydrogen-bond acceptors (Lipinski definition) is 6. The van der Waals surface area contributed by atoms with Gasteiger partial charge in [0.05, 0.1) is 13.7 Å². The van der Waals surface area contributed by atoms with Crippen LogP contribution in [0.4, 0.5) is 5.82 Å². The van der Waals surface area contributed by atoms with Crippen molar-refractivity contribution in [3.8, 4) is 5.75 Å². The van der Waals surface area contributed by atoms with Gasteiger partial charge in [0.25, 0.3) is 5.56 Å². The summed E-state index contributed by atoms with van der Waals surface area (Å²) in [5, 5.41) is 0. The van der Waals surface area contributed by atoms with E-state index in [-0.39, 0.29) is 11.5 Å². The van der Waals surface area contributed by atoms with Crippen LogP contribution in [-0.4, -0.2) is 58.6 Å². The second kappa shape index (κ2) is 10.6. The maximum absolute atomic E-state index is 13.5. The monoisotopic (exact) mass is 483 g/mol. The summed E-state index contributed by atoms with van der Waals surface area (Å²) < 4.78 is 6.89. The smallest absolute Gasteiger partial charge is 0.295 e. The number of benzene rings is 2. The summed E-state index contributed by atoms with van der Waals surface area (Å²) >= 11 is 0. The number of anilines is 1. The predicted molar refractivity (Wildman–Crippen MR) is 139 cm³/mol. The van der Waals surface area contributed by atoms with Crippen LogP contribution < -0.4 is 15.2 Å². The molecule has 8 nitrogen and oxygen atoms in total. The van der Waals surface area contributed by atoms with E-state index in [1.807, 2.05) is 76.5 Å². The Hall–Kier alpha value is -4.20. The molecule has 0 saturated carbocycles. The van der Waals surface area contributed by atoms with Crippen molar-refractivity contribution in [2.45, 2.75) is 19.4 Å². The van der Waals surface area contributed by atoms with Crippen LogP contribution in [0.15, 0.2) is 77.7 Å². The first-order valence-electron chi connectivity index (χ1n) is 12.2. The third kappa shape index (κ3) is 5.07. The van der Waals surface area contributed by atoms with Gasteiger partial charge in [-0.25, -0.2) is 9.97 Å². The van der Waals surface area contributed by atoms with Gasteiger partial charge in [-0.3, -0.25) is 14.2 Å². The summed E-state index contributed by atoms with van der Waals surface area (Å²) in [7, 11) is 1.64. The molecule has 36 heavy (non-hydrogen) atoms. The highest BCUT2D eigenvalue weighted by Crippen LogP contribution is 2.17. The van der Waals surface area contributed by atoms with Crippen molar-refractivity contribution < 1.29 is 9.53 Å². The number of hydrogen-bond donors (Lipinski definition) is 0. The van der Waals surface area contributed by atoms with E-state index < -0.39 is 0 Å². The van der Waals surface area contributed by atoms with E-state index in [0.29, 0.717) is 62.5 Å². The van der Waals surface area contributed by atoms with Crippen molar-refractivity contribution in [1.29, 1.82) is 0 Å². The van der Waals surface area contributed by atoms with E-state index in [2.05, 4.69) is 9.97 Å². The minimum absolute atomic E-state index is 0.127. The van der Waals surface area contributed by atoms with Crippen LogP contribution in [-0.2, 0) is 17.8 Å². The average Bonchev–Trinajstić information content (AvgIpc) is 2.94. The van der Waals surface area contributed by atoms with Crippen molar-refractivity contribution in [3.63, 3.8) is 0 Å². The Kier molecular flexibility index (Phi) is 6.93. The van der Waals surface area contributed by atoms with Crippen LogP contribution in [0.3, 0.4) is 0 Å². The molecule has 0 bridgehead atoms. The lowest BCUT2D eigenvalue weighted by molar-refractivity contribution is -0.131. The van der Waals surface area contributed by atoms with Gasteiger partial charge in [-0.05, 0) is 41.8 Å². The summed E-state index contributed by atoms with van der Waals surface area (Å²) in [6.07, 6.45) is 2.82. The zero-order chi connectivity index (χ0) is 24.9. The first-order valence-corrected chi connectivity index (χ1v) is 12.2. The van der Waals surface area contributed by atoms with Crippen molar-refractivity contribution in [1.82, 2.24) is 19.4 Å². The molecule has 4 aromatic rings. The summed E-state index contributed by atoms with van der Waals surface area (Å²) in [4.78, 5) is 39.3. The lowest BCUT2D eigenvalue weighted by Crippen LogP contribution is -2.50. The fourth-order valence-corrected chi connectivity index (χ4v) is 4.55. The summed E-state index contributed by atoms with van der Waals surface area (Å²) in [6.45, 7) is 2.67. The maximum Gasteiger partial charge on any atom is 0.295 e. The molecule has 0 aliphatic carbocycles. The van der Waals surface area contributed by atoms with Gasteiger partial charge in [0.1, 0.15) is 11.3 Å². The number of ether oxygens (including phenoxy) is 1. The number of carbonyl (C=O) groups is 1. The molecule has 2 aromatic carbocycles. The zero-order valence-electron chi connectivity index (χ0n) is 20.3. The molecule has 8 heteroatoms. The van der Waals surface area contributed by atoms with Gasteiger partial charge in [0, 0.05) is 38.8 Å². The number of nitrogens with zero attached hydrogens (tertiary/aromatic N) is 5. The number of aryl methyl sites for hydroxylation is 1. The van der Waals surface area contributed by atoms with Crippen molar-refractivity contribution in [2.24, 2.45) is 0 Å². The Labute approximate surface area is 209 Å². The first kappa shape index (κ1) is 23.5. The van der Waals surface area contributed by atoms with Gasteiger partial charge in [0.2, 0.25) is 5.91 Å². The lowest BCUT2D eigenvalue weighted by Gasteiger charge is -2.35. The molecule has 2 aromatic heterocycles. The number of piperazine rings is 1. The fourth-order valence-electron chi connectivity index (χ4n) is 4.55. The highest BCUT2D eigenvalue weighted by Gasteiger charge is 2.25. The minimum Gasteiger partial charge on any atom is -0.497 e. The zero-order valence-corrected chi connectivity index (χ0v) is 20.3. The predicted octanol–water partition coefficient (Wildman–Crippen LogP) is 3.13. The summed E-state index contributed by atoms with van der Waals surface area (Å²) in [5.41, 5.74) is 3.22. The van der Waals surface area contributed by atoms with Crippen LogP contribution >= 0.6 is 0 Å². The second-order valence-electron chi connectivity index (χ2n) is 8.87. The van der Waals surface area contributed by atoms with Crippen LogP contribution in [0.25, 0.3) is 11.2 Å². The van der Waals surface area contributed by atoms with E-state index in [4.69, 9.17) is 4.74 Å². The fraction of sp³-hybridized carbons (Fsp3) is 0.286. The number of pyridine rings is 1. The lowest BCUT2D eigenvalue weighted by atomic mass is 10.1. The van der Waals surface area contributed by atoms with E-state index in [1.54, 1.807) is 17.9 Å². The van der Waals surface area contributed by atoms with E-state index in [9.17, 15) is 9.59 Å². The molecule has 0 N–H and O–H groups in total. The third-order valence-electron chi connectivity index (χ3n) is 6.59.